The summed E-state index contributed by atoms with van der Waals surface area (Å²) in [4.78, 5) is 0. The van der Waals surface area contributed by atoms with Crippen molar-refractivity contribution in [2.75, 3.05) is 0 Å². The molecule has 0 radical (unpaired) electrons. The molecule has 0 aliphatic heterocycles. The Morgan fingerprint density at radius 2 is 2.10 bits per heavy atom. The molecule has 0 aromatic rings. The Labute approximate surface area is 62.3 Å². The molecule has 2 atom stereocenters. The van der Waals surface area contributed by atoms with Crippen molar-refractivity contribution in [3.8, 4) is 0 Å². The van der Waals surface area contributed by atoms with Gasteiger partial charge >= 0.3 is 0 Å². The minimum Gasteiger partial charge on any atom is -0.405 e. The van der Waals surface area contributed by atoms with Gasteiger partial charge in [-0.25, -0.2) is 0 Å². The summed E-state index contributed by atoms with van der Waals surface area (Å²) >= 11 is 0. The van der Waals surface area contributed by atoms with E-state index in [1.54, 1.807) is 6.20 Å². The van der Waals surface area contributed by atoms with Crippen molar-refractivity contribution >= 4 is 0 Å². The highest BCUT2D eigenvalue weighted by Crippen LogP contribution is 2.23. The van der Waals surface area contributed by atoms with Crippen LogP contribution in [0, 0.1) is 5.92 Å². The molecule has 0 amide bonds. The number of nitrogens with two attached hydrogens (primary N) is 2. The van der Waals surface area contributed by atoms with Gasteiger partial charge < -0.3 is 11.5 Å². The minimum absolute atomic E-state index is 0.412. The quantitative estimate of drug-likeness (QED) is 0.570. The van der Waals surface area contributed by atoms with Crippen LogP contribution in [0.4, 0.5) is 0 Å². The maximum absolute atomic E-state index is 5.78. The summed E-state index contributed by atoms with van der Waals surface area (Å²) in [5, 5.41) is 0. The van der Waals surface area contributed by atoms with Crippen LogP contribution in [0.5, 0.6) is 0 Å². The van der Waals surface area contributed by atoms with E-state index in [-0.39, 0.29) is 0 Å². The molecule has 0 spiro atoms. The predicted octanol–water partition coefficient (Wildman–Crippen LogP) is 0.976. The first-order valence-corrected chi connectivity index (χ1v) is 3.97. The van der Waals surface area contributed by atoms with E-state index in [0.717, 1.165) is 6.42 Å². The molecule has 0 saturated heterocycles. The summed E-state index contributed by atoms with van der Waals surface area (Å²) < 4.78 is 0. The standard InChI is InChI=1S/C8H16N2/c9-5-4-7-2-1-3-8(10)6-7/h4-5,7-8H,1-3,6,9-10H2/b5-4-. The molecule has 2 unspecified atom stereocenters. The van der Waals surface area contributed by atoms with E-state index in [1.165, 1.54) is 19.3 Å². The number of hydrogen-bond acceptors (Lipinski definition) is 2. The van der Waals surface area contributed by atoms with Gasteiger partial charge in [-0.3, -0.25) is 0 Å². The Hall–Kier alpha value is -0.500. The van der Waals surface area contributed by atoms with E-state index in [4.69, 9.17) is 11.5 Å². The van der Waals surface area contributed by atoms with Gasteiger partial charge in [0, 0.05) is 6.04 Å². The van der Waals surface area contributed by atoms with Gasteiger partial charge in [-0.05, 0) is 31.4 Å². The van der Waals surface area contributed by atoms with Gasteiger partial charge in [0.05, 0.1) is 0 Å². The summed E-state index contributed by atoms with van der Waals surface area (Å²) in [6.07, 6.45) is 8.54. The summed E-state index contributed by atoms with van der Waals surface area (Å²) in [5.74, 6) is 0.647. The number of rotatable bonds is 1. The Morgan fingerprint density at radius 1 is 1.30 bits per heavy atom. The fourth-order valence-corrected chi connectivity index (χ4v) is 1.60. The second kappa shape index (κ2) is 3.62. The maximum Gasteiger partial charge on any atom is 0.00444 e. The van der Waals surface area contributed by atoms with Gasteiger partial charge in [0.25, 0.3) is 0 Å². The molecule has 4 N–H and O–H groups in total. The lowest BCUT2D eigenvalue weighted by Gasteiger charge is -2.23. The van der Waals surface area contributed by atoms with Crippen molar-refractivity contribution < 1.29 is 0 Å². The zero-order valence-electron chi connectivity index (χ0n) is 6.29. The molecule has 58 valence electrons. The molecule has 2 nitrogen and oxygen atoms in total. The predicted molar refractivity (Wildman–Crippen MR) is 43.3 cm³/mol. The van der Waals surface area contributed by atoms with Crippen LogP contribution >= 0.6 is 0 Å². The van der Waals surface area contributed by atoms with E-state index >= 15 is 0 Å². The van der Waals surface area contributed by atoms with E-state index in [2.05, 4.69) is 6.08 Å². The Balaban J connectivity index is 2.32. The molecule has 10 heavy (non-hydrogen) atoms. The Kier molecular flexibility index (Phi) is 2.75. The topological polar surface area (TPSA) is 52.0 Å². The maximum atomic E-state index is 5.78. The molecule has 1 aliphatic rings. The van der Waals surface area contributed by atoms with Gasteiger partial charge in [-0.2, -0.15) is 0 Å². The van der Waals surface area contributed by atoms with Crippen LogP contribution in [-0.4, -0.2) is 6.04 Å². The fraction of sp³-hybridized carbons (Fsp3) is 0.750. The number of allylic oxidation sites excluding steroid dienone is 1. The third-order valence-corrected chi connectivity index (χ3v) is 2.14. The van der Waals surface area contributed by atoms with Crippen LogP contribution in [0.15, 0.2) is 12.3 Å². The molecular weight excluding hydrogens is 124 g/mol. The molecule has 1 fully saturated rings. The van der Waals surface area contributed by atoms with Gasteiger partial charge in [0.15, 0.2) is 0 Å². The van der Waals surface area contributed by atoms with Crippen LogP contribution < -0.4 is 11.5 Å². The van der Waals surface area contributed by atoms with Crippen molar-refractivity contribution in [2.24, 2.45) is 17.4 Å². The van der Waals surface area contributed by atoms with Crippen molar-refractivity contribution in [1.29, 1.82) is 0 Å². The highest BCUT2D eigenvalue weighted by molar-refractivity contribution is 4.89. The lowest BCUT2D eigenvalue weighted by atomic mass is 9.86. The first-order chi connectivity index (χ1) is 4.83. The molecule has 2 heteroatoms. The molecule has 1 rings (SSSR count). The molecule has 0 aromatic carbocycles. The summed E-state index contributed by atoms with van der Waals surface area (Å²) in [7, 11) is 0. The van der Waals surface area contributed by atoms with E-state index in [9.17, 15) is 0 Å². The molecule has 1 saturated carbocycles. The zero-order chi connectivity index (χ0) is 7.40. The van der Waals surface area contributed by atoms with Crippen LogP contribution in [0.2, 0.25) is 0 Å². The van der Waals surface area contributed by atoms with Crippen LogP contribution in [0.25, 0.3) is 0 Å². The van der Waals surface area contributed by atoms with Gasteiger partial charge in [-0.15, -0.1) is 0 Å². The lowest BCUT2D eigenvalue weighted by molar-refractivity contribution is 0.372. The summed E-state index contributed by atoms with van der Waals surface area (Å²) in [6, 6.07) is 0.412. The molecule has 0 bridgehead atoms. The zero-order valence-corrected chi connectivity index (χ0v) is 6.29. The average Bonchev–Trinajstić information content (AvgIpc) is 1.88. The van der Waals surface area contributed by atoms with E-state index in [0.29, 0.717) is 12.0 Å². The van der Waals surface area contributed by atoms with Gasteiger partial charge in [0.1, 0.15) is 0 Å². The van der Waals surface area contributed by atoms with Crippen LogP contribution in [-0.2, 0) is 0 Å². The smallest absolute Gasteiger partial charge is 0.00444 e. The summed E-state index contributed by atoms with van der Waals surface area (Å²) in [6.45, 7) is 0. The van der Waals surface area contributed by atoms with Crippen molar-refractivity contribution in [3.05, 3.63) is 12.3 Å². The number of hydrogen-bond donors (Lipinski definition) is 2. The normalized spacial score (nSPS) is 34.9. The van der Waals surface area contributed by atoms with E-state index in [1.807, 2.05) is 0 Å². The molecule has 0 aromatic heterocycles. The largest absolute Gasteiger partial charge is 0.405 e. The molecule has 0 heterocycles. The van der Waals surface area contributed by atoms with Crippen molar-refractivity contribution in [3.63, 3.8) is 0 Å². The van der Waals surface area contributed by atoms with Crippen LogP contribution in [0.1, 0.15) is 25.7 Å². The highest BCUT2D eigenvalue weighted by atomic mass is 14.6. The van der Waals surface area contributed by atoms with E-state index < -0.39 is 0 Å². The van der Waals surface area contributed by atoms with Crippen molar-refractivity contribution in [1.82, 2.24) is 0 Å². The van der Waals surface area contributed by atoms with Crippen LogP contribution in [0.3, 0.4) is 0 Å². The molecule has 1 aliphatic carbocycles. The van der Waals surface area contributed by atoms with Gasteiger partial charge in [-0.1, -0.05) is 12.5 Å². The Morgan fingerprint density at radius 3 is 2.70 bits per heavy atom. The lowest BCUT2D eigenvalue weighted by Crippen LogP contribution is -2.27. The Bertz CT molecular complexity index is 120. The second-order valence-corrected chi connectivity index (χ2v) is 3.07. The monoisotopic (exact) mass is 140 g/mol. The third kappa shape index (κ3) is 2.03. The first kappa shape index (κ1) is 7.61. The SMILES string of the molecule is N/C=C\C1CCCC(N)C1. The fourth-order valence-electron chi connectivity index (χ4n) is 1.60. The van der Waals surface area contributed by atoms with Crippen molar-refractivity contribution in [2.45, 2.75) is 31.7 Å². The first-order valence-electron chi connectivity index (χ1n) is 3.97. The summed E-state index contributed by atoms with van der Waals surface area (Å²) in [5.41, 5.74) is 11.1. The third-order valence-electron chi connectivity index (χ3n) is 2.14. The second-order valence-electron chi connectivity index (χ2n) is 3.07. The average molecular weight is 140 g/mol. The van der Waals surface area contributed by atoms with Gasteiger partial charge in [0.2, 0.25) is 0 Å². The highest BCUT2D eigenvalue weighted by Gasteiger charge is 2.15. The molecular formula is C8H16N2. The minimum atomic E-state index is 0.412.